The number of hydrogen-bond donors (Lipinski definition) is 6. The van der Waals surface area contributed by atoms with Crippen LogP contribution in [0.5, 0.6) is 0 Å². The quantitative estimate of drug-likeness (QED) is 0.0342. The molecule has 5 amide bonds. The molecule has 3 rings (SSSR count). The van der Waals surface area contributed by atoms with Crippen molar-refractivity contribution in [2.24, 2.45) is 46.3 Å². The van der Waals surface area contributed by atoms with Crippen molar-refractivity contribution in [3.63, 3.8) is 0 Å². The zero-order valence-corrected chi connectivity index (χ0v) is 34.5. The molecule has 1 heterocycles. The summed E-state index contributed by atoms with van der Waals surface area (Å²) < 4.78 is 0. The van der Waals surface area contributed by atoms with Crippen LogP contribution in [-0.4, -0.2) is 94.7 Å². The smallest absolute Gasteiger partial charge is 0.315 e. The van der Waals surface area contributed by atoms with Crippen LogP contribution in [0.2, 0.25) is 0 Å². The summed E-state index contributed by atoms with van der Waals surface area (Å²) in [5, 5.41) is 22.7. The highest BCUT2D eigenvalue weighted by molar-refractivity contribution is 6.38. The summed E-state index contributed by atoms with van der Waals surface area (Å²) in [5.74, 6) is -4.26. The maximum atomic E-state index is 14.6. The Bertz CT molecular complexity index is 1480. The third-order valence-electron chi connectivity index (χ3n) is 11.7. The van der Waals surface area contributed by atoms with Crippen LogP contribution in [0.25, 0.3) is 0 Å². The normalized spacial score (nSPS) is 25.2. The van der Waals surface area contributed by atoms with Crippen LogP contribution in [0, 0.1) is 46.3 Å². The fourth-order valence-corrected chi connectivity index (χ4v) is 7.81. The molecule has 1 aliphatic heterocycles. The Morgan fingerprint density at radius 3 is 2.15 bits per heavy atom. The zero-order chi connectivity index (χ0) is 41.4. The molecule has 14 heteroatoms. The van der Waals surface area contributed by atoms with Crippen LogP contribution >= 0.6 is 0 Å². The van der Waals surface area contributed by atoms with E-state index in [1.54, 1.807) is 0 Å². The van der Waals surface area contributed by atoms with Gasteiger partial charge in [-0.1, -0.05) is 81.2 Å². The molecule has 3 fully saturated rings. The summed E-state index contributed by atoms with van der Waals surface area (Å²) >= 11 is 0. The molecule has 0 radical (unpaired) electrons. The van der Waals surface area contributed by atoms with Crippen molar-refractivity contribution in [3.05, 3.63) is 12.7 Å². The summed E-state index contributed by atoms with van der Waals surface area (Å²) in [6.07, 6.45) is 6.48. The maximum Gasteiger partial charge on any atom is 0.315 e. The van der Waals surface area contributed by atoms with Gasteiger partial charge < -0.3 is 26.2 Å². The van der Waals surface area contributed by atoms with Gasteiger partial charge in [0.2, 0.25) is 23.8 Å². The van der Waals surface area contributed by atoms with E-state index in [0.717, 1.165) is 12.8 Å². The fraction of sp³-hybridized carbons (Fsp3) is 0.756. The average molecular weight is 772 g/mol. The van der Waals surface area contributed by atoms with E-state index >= 15 is 0 Å². The van der Waals surface area contributed by atoms with E-state index in [1.165, 1.54) is 17.2 Å². The number of likely N-dealkylation sites (tertiary alicyclic amines) is 1. The lowest BCUT2D eigenvalue weighted by molar-refractivity contribution is -0.735. The number of ketones is 3. The monoisotopic (exact) mass is 772 g/mol. The predicted molar refractivity (Wildman–Crippen MR) is 208 cm³/mol. The number of nitrogens with one attached hydrogen (secondary N) is 5. The largest absolute Gasteiger partial charge is 0.346 e. The SMILES string of the molecule is C=CCNC(=O)C(=O)C(CC1CC1)NC(=O)[C@@H]1C[C@@H](C(C)C)CN1C(=O)[C@@H](NC(=O)N[C@H](CC1CCC(=O)C(CC)C(/C=[NH+]/O)C1=O)C(C)(C)C)C(C)(C)C. The predicted octanol–water partition coefficient (Wildman–Crippen LogP) is 2.27. The van der Waals surface area contributed by atoms with Crippen molar-refractivity contribution in [3.8, 4) is 0 Å². The summed E-state index contributed by atoms with van der Waals surface area (Å²) in [4.78, 5) is 96.5. The van der Waals surface area contributed by atoms with Gasteiger partial charge in [0.1, 0.15) is 29.6 Å². The lowest BCUT2D eigenvalue weighted by Crippen LogP contribution is -2.66. The van der Waals surface area contributed by atoms with Gasteiger partial charge in [-0.25, -0.2) is 4.79 Å². The van der Waals surface area contributed by atoms with E-state index in [4.69, 9.17) is 0 Å². The number of amides is 5. The van der Waals surface area contributed by atoms with Crippen molar-refractivity contribution in [2.45, 2.75) is 138 Å². The lowest BCUT2D eigenvalue weighted by atomic mass is 9.77. The van der Waals surface area contributed by atoms with Gasteiger partial charge in [-0.3, -0.25) is 34.0 Å². The van der Waals surface area contributed by atoms with Gasteiger partial charge in [-0.2, -0.15) is 0 Å². The first-order valence-corrected chi connectivity index (χ1v) is 20.0. The molecule has 308 valence electrons. The highest BCUT2D eigenvalue weighted by Gasteiger charge is 2.47. The zero-order valence-electron chi connectivity index (χ0n) is 34.5. The second kappa shape index (κ2) is 19.2. The average Bonchev–Trinajstić information content (AvgIpc) is 3.82. The van der Waals surface area contributed by atoms with Crippen molar-refractivity contribution in [2.75, 3.05) is 13.1 Å². The third-order valence-corrected chi connectivity index (χ3v) is 11.7. The summed E-state index contributed by atoms with van der Waals surface area (Å²) in [6, 6.07) is -4.15. The Morgan fingerprint density at radius 1 is 0.964 bits per heavy atom. The Morgan fingerprint density at radius 2 is 1.62 bits per heavy atom. The first-order chi connectivity index (χ1) is 25.6. The molecule has 8 atom stereocenters. The number of rotatable bonds is 16. The fourth-order valence-electron chi connectivity index (χ4n) is 7.81. The van der Waals surface area contributed by atoms with E-state index in [9.17, 15) is 38.8 Å². The Kier molecular flexibility index (Phi) is 15.8. The number of urea groups is 1. The molecular weight excluding hydrogens is 704 g/mol. The second-order valence-corrected chi connectivity index (χ2v) is 18.4. The van der Waals surface area contributed by atoms with Crippen LogP contribution < -0.4 is 26.4 Å². The Labute approximate surface area is 326 Å². The molecule has 14 nitrogen and oxygen atoms in total. The van der Waals surface area contributed by atoms with Crippen molar-refractivity contribution in [1.82, 2.24) is 26.2 Å². The number of carbonyl (C=O) groups excluding carboxylic acids is 7. The molecule has 3 aliphatic rings. The minimum Gasteiger partial charge on any atom is -0.346 e. The lowest BCUT2D eigenvalue weighted by Gasteiger charge is -2.38. The summed E-state index contributed by atoms with van der Waals surface area (Å²) in [5.41, 5.74) is -1.31. The molecule has 6 N–H and O–H groups in total. The van der Waals surface area contributed by atoms with Gasteiger partial charge in [0.15, 0.2) is 0 Å². The van der Waals surface area contributed by atoms with E-state index in [1.807, 2.05) is 67.5 Å². The van der Waals surface area contributed by atoms with Crippen LogP contribution in [0.1, 0.15) is 114 Å². The summed E-state index contributed by atoms with van der Waals surface area (Å²) in [7, 11) is 0. The highest BCUT2D eigenvalue weighted by atomic mass is 16.4. The number of Topliss-reactive ketones (excluding diaryl/α,β-unsaturated/α-hetero) is 3. The van der Waals surface area contributed by atoms with Crippen molar-refractivity contribution < 1.29 is 43.9 Å². The van der Waals surface area contributed by atoms with Gasteiger partial charge >= 0.3 is 6.03 Å². The molecule has 2 aliphatic carbocycles. The summed E-state index contributed by atoms with van der Waals surface area (Å²) in [6.45, 7) is 21.1. The van der Waals surface area contributed by atoms with Crippen LogP contribution in [0.15, 0.2) is 12.7 Å². The Balaban J connectivity index is 1.84. The van der Waals surface area contributed by atoms with Gasteiger partial charge in [0.25, 0.3) is 5.91 Å². The van der Waals surface area contributed by atoms with Gasteiger partial charge in [0, 0.05) is 37.4 Å². The molecule has 0 aromatic rings. The second-order valence-electron chi connectivity index (χ2n) is 18.4. The van der Waals surface area contributed by atoms with E-state index in [0.29, 0.717) is 25.7 Å². The first-order valence-electron chi connectivity index (χ1n) is 20.0. The minimum absolute atomic E-state index is 0.0220. The molecule has 0 spiro atoms. The van der Waals surface area contributed by atoms with Gasteiger partial charge in [-0.05, 0) is 65.8 Å². The van der Waals surface area contributed by atoms with Crippen molar-refractivity contribution in [1.29, 1.82) is 0 Å². The standard InChI is InChI=1S/C41H66N6O8/c1-11-17-42-37(52)34(50)29(18-24-13-14-24)44-36(51)30-19-26(23(3)4)22-47(30)38(53)35(41(8,9)10)46-39(54)45-32(40(5,6)7)20-25-15-16-31(48)27(12-2)28(21-43-55)33(25)49/h11,21,23-30,32,35,55H,1,12-20,22H2,2-10H3,(H,42,52)(H,44,51)(H2,45,46,54)/p+1/b43-21+/t25?,26-,27?,28?,29?,30+,32-,35-/m1/s1. The van der Waals surface area contributed by atoms with E-state index in [2.05, 4.69) is 27.8 Å². The third kappa shape index (κ3) is 12.2. The molecule has 2 saturated carbocycles. The first kappa shape index (κ1) is 45.3. The maximum absolute atomic E-state index is 14.6. The molecule has 1 saturated heterocycles. The van der Waals surface area contributed by atoms with Gasteiger partial charge in [-0.15, -0.1) is 6.58 Å². The number of nitrogens with zero attached hydrogens (tertiary/aromatic N) is 1. The molecule has 0 bridgehead atoms. The van der Waals surface area contributed by atoms with Crippen LogP contribution in [0.4, 0.5) is 4.79 Å². The molecular formula is C41H67N6O8+. The van der Waals surface area contributed by atoms with Crippen LogP contribution in [-0.2, 0) is 28.8 Å². The van der Waals surface area contributed by atoms with Crippen molar-refractivity contribution >= 4 is 47.3 Å². The molecule has 0 aromatic carbocycles. The molecule has 55 heavy (non-hydrogen) atoms. The highest BCUT2D eigenvalue weighted by Crippen LogP contribution is 2.36. The van der Waals surface area contributed by atoms with Gasteiger partial charge in [0.05, 0.1) is 6.04 Å². The van der Waals surface area contributed by atoms with E-state index in [-0.39, 0.29) is 55.3 Å². The molecule has 0 aromatic heterocycles. The molecule has 4 unspecified atom stereocenters. The topological polar surface area (TPSA) is 205 Å². The van der Waals surface area contributed by atoms with E-state index < -0.39 is 82.3 Å². The Hall–Kier alpha value is -4.10. The van der Waals surface area contributed by atoms with Crippen LogP contribution in [0.3, 0.4) is 0 Å². The number of hydrogen-bond acceptors (Lipinski definition) is 8. The minimum atomic E-state index is -1.06. The number of carbonyl (C=O) groups is 7.